The lowest BCUT2D eigenvalue weighted by atomic mass is 9.87. The van der Waals surface area contributed by atoms with E-state index in [2.05, 4.69) is 43.9 Å². The Kier molecular flexibility index (Phi) is 6.00. The number of thioether (sulfide) groups is 1. The molecule has 0 N–H and O–H groups in total. The largest absolute Gasteiger partial charge is 0.368 e. The standard InChI is InChI=1S/C27H31FN2O2S/c1-27(2,3)30-14-15-33-24-17-32-23(16-22(24)30)26(31)29-13-12-18-6-4-5-7-21(18)25(29)19-8-10-20(28)11-9-19/h4-11,16,23-25H,12-15,17H2,1-3H3/t23-,24+,25+/m1/s1. The molecule has 0 radical (unpaired) electrons. The van der Waals surface area contributed by atoms with Gasteiger partial charge in [0.1, 0.15) is 5.82 Å². The number of hydrogen-bond donors (Lipinski definition) is 0. The van der Waals surface area contributed by atoms with Crippen LogP contribution in [-0.4, -0.2) is 58.0 Å². The average molecular weight is 467 g/mol. The lowest BCUT2D eigenvalue weighted by molar-refractivity contribution is -0.143. The van der Waals surface area contributed by atoms with Gasteiger partial charge in [0.05, 0.1) is 17.9 Å². The van der Waals surface area contributed by atoms with Crippen molar-refractivity contribution in [3.63, 3.8) is 0 Å². The van der Waals surface area contributed by atoms with Crippen molar-refractivity contribution in [1.29, 1.82) is 0 Å². The summed E-state index contributed by atoms with van der Waals surface area (Å²) in [6.07, 6.45) is 2.25. The fourth-order valence-corrected chi connectivity index (χ4v) is 6.36. The third-order valence-corrected chi connectivity index (χ3v) is 8.03. The minimum Gasteiger partial charge on any atom is -0.368 e. The first kappa shape index (κ1) is 22.5. The van der Waals surface area contributed by atoms with Crippen molar-refractivity contribution < 1.29 is 13.9 Å². The molecule has 33 heavy (non-hydrogen) atoms. The number of amides is 1. The van der Waals surface area contributed by atoms with E-state index in [0.29, 0.717) is 13.2 Å². The third kappa shape index (κ3) is 4.31. The molecule has 0 unspecified atom stereocenters. The zero-order valence-electron chi connectivity index (χ0n) is 19.5. The van der Waals surface area contributed by atoms with Gasteiger partial charge in [-0.15, -0.1) is 11.8 Å². The second-order valence-electron chi connectivity index (χ2n) is 9.96. The molecule has 2 aromatic carbocycles. The van der Waals surface area contributed by atoms with Crippen LogP contribution in [0.5, 0.6) is 0 Å². The lowest BCUT2D eigenvalue weighted by Gasteiger charge is -2.47. The quantitative estimate of drug-likeness (QED) is 0.637. The highest BCUT2D eigenvalue weighted by Gasteiger charge is 2.40. The Bertz CT molecular complexity index is 1060. The molecule has 0 bridgehead atoms. The first-order valence-corrected chi connectivity index (χ1v) is 12.7. The highest BCUT2D eigenvalue weighted by molar-refractivity contribution is 8.00. The summed E-state index contributed by atoms with van der Waals surface area (Å²) >= 11 is 1.91. The van der Waals surface area contributed by atoms with E-state index in [0.717, 1.165) is 29.8 Å². The molecule has 2 aromatic rings. The average Bonchev–Trinajstić information content (AvgIpc) is 2.82. The normalized spacial score (nSPS) is 25.2. The summed E-state index contributed by atoms with van der Waals surface area (Å²) in [5.74, 6) is 0.773. The van der Waals surface area contributed by atoms with Crippen molar-refractivity contribution in [1.82, 2.24) is 9.80 Å². The van der Waals surface area contributed by atoms with Crippen LogP contribution in [0.3, 0.4) is 0 Å². The van der Waals surface area contributed by atoms with Gasteiger partial charge in [-0.1, -0.05) is 36.4 Å². The van der Waals surface area contributed by atoms with E-state index in [1.54, 1.807) is 12.1 Å². The maximum atomic E-state index is 13.9. The number of rotatable bonds is 2. The van der Waals surface area contributed by atoms with Crippen LogP contribution in [0.15, 0.2) is 60.3 Å². The van der Waals surface area contributed by atoms with Crippen LogP contribution in [0.2, 0.25) is 0 Å². The van der Waals surface area contributed by atoms with Gasteiger partial charge in [0, 0.05) is 30.1 Å². The fourth-order valence-electron chi connectivity index (χ4n) is 5.24. The Balaban J connectivity index is 1.50. The molecule has 1 saturated heterocycles. The monoisotopic (exact) mass is 466 g/mol. The molecular formula is C27H31FN2O2S. The predicted molar refractivity (Wildman–Crippen MR) is 131 cm³/mol. The van der Waals surface area contributed by atoms with Crippen molar-refractivity contribution in [2.45, 2.75) is 50.1 Å². The zero-order chi connectivity index (χ0) is 23.2. The topological polar surface area (TPSA) is 32.8 Å². The van der Waals surface area contributed by atoms with Crippen molar-refractivity contribution in [3.8, 4) is 0 Å². The molecule has 3 atom stereocenters. The highest BCUT2D eigenvalue weighted by Crippen LogP contribution is 2.39. The van der Waals surface area contributed by atoms with Gasteiger partial charge in [-0.25, -0.2) is 4.39 Å². The van der Waals surface area contributed by atoms with Gasteiger partial charge in [-0.2, -0.15) is 0 Å². The molecule has 3 aliphatic heterocycles. The number of fused-ring (bicyclic) bond motifs is 2. The maximum Gasteiger partial charge on any atom is 0.256 e. The van der Waals surface area contributed by atoms with Crippen molar-refractivity contribution in [2.75, 3.05) is 25.4 Å². The van der Waals surface area contributed by atoms with E-state index in [-0.39, 0.29) is 28.6 Å². The molecule has 4 nitrogen and oxygen atoms in total. The second kappa shape index (κ2) is 8.80. The summed E-state index contributed by atoms with van der Waals surface area (Å²) < 4.78 is 19.8. The minimum absolute atomic E-state index is 0.00326. The van der Waals surface area contributed by atoms with Gasteiger partial charge in [0.15, 0.2) is 6.10 Å². The Morgan fingerprint density at radius 2 is 1.85 bits per heavy atom. The highest BCUT2D eigenvalue weighted by atomic mass is 32.2. The Labute approximate surface area is 199 Å². The number of halogens is 1. The van der Waals surface area contributed by atoms with Crippen LogP contribution < -0.4 is 0 Å². The van der Waals surface area contributed by atoms with E-state index < -0.39 is 6.10 Å². The maximum absolute atomic E-state index is 13.9. The number of carbonyl (C=O) groups is 1. The lowest BCUT2D eigenvalue weighted by Crippen LogP contribution is -2.52. The van der Waals surface area contributed by atoms with E-state index in [1.807, 2.05) is 28.8 Å². The number of carbonyl (C=O) groups excluding carboxylic acids is 1. The van der Waals surface area contributed by atoms with Gasteiger partial charge < -0.3 is 14.5 Å². The molecule has 3 heterocycles. The summed E-state index contributed by atoms with van der Waals surface area (Å²) in [6.45, 7) is 8.80. The second-order valence-corrected chi connectivity index (χ2v) is 11.3. The van der Waals surface area contributed by atoms with Gasteiger partial charge >= 0.3 is 0 Å². The number of ether oxygens (including phenoxy) is 1. The molecular weight excluding hydrogens is 435 g/mol. The molecule has 1 amide bonds. The van der Waals surface area contributed by atoms with Gasteiger partial charge in [-0.3, -0.25) is 4.79 Å². The molecule has 6 heteroatoms. The van der Waals surface area contributed by atoms with E-state index in [1.165, 1.54) is 23.4 Å². The van der Waals surface area contributed by atoms with Crippen molar-refractivity contribution >= 4 is 17.7 Å². The molecule has 0 spiro atoms. The van der Waals surface area contributed by atoms with Crippen molar-refractivity contribution in [2.24, 2.45) is 0 Å². The minimum atomic E-state index is -0.604. The molecule has 3 aliphatic rings. The number of hydrogen-bond acceptors (Lipinski definition) is 4. The SMILES string of the molecule is CC(C)(C)N1CCS[C@H]2CO[C@@H](C(=O)N3CCc4ccccc4[C@@H]3c3ccc(F)cc3)C=C21. The van der Waals surface area contributed by atoms with Crippen LogP contribution in [0.4, 0.5) is 4.39 Å². The molecule has 5 rings (SSSR count). The summed E-state index contributed by atoms with van der Waals surface area (Å²) in [5.41, 5.74) is 4.48. The summed E-state index contributed by atoms with van der Waals surface area (Å²) in [5, 5.41) is 0.275. The molecule has 0 saturated carbocycles. The van der Waals surface area contributed by atoms with Crippen LogP contribution in [0, 0.1) is 5.82 Å². The predicted octanol–water partition coefficient (Wildman–Crippen LogP) is 4.80. The Morgan fingerprint density at radius 3 is 2.61 bits per heavy atom. The zero-order valence-corrected chi connectivity index (χ0v) is 20.3. The van der Waals surface area contributed by atoms with Gasteiger partial charge in [0.2, 0.25) is 0 Å². The molecule has 174 valence electrons. The van der Waals surface area contributed by atoms with Crippen LogP contribution >= 0.6 is 11.8 Å². The van der Waals surface area contributed by atoms with Crippen LogP contribution in [0.25, 0.3) is 0 Å². The van der Waals surface area contributed by atoms with Gasteiger partial charge in [-0.05, 0) is 62.1 Å². The Morgan fingerprint density at radius 1 is 1.09 bits per heavy atom. The third-order valence-electron chi connectivity index (χ3n) is 6.83. The van der Waals surface area contributed by atoms with Crippen molar-refractivity contribution in [3.05, 3.63) is 82.8 Å². The molecule has 0 aliphatic carbocycles. The smallest absolute Gasteiger partial charge is 0.256 e. The molecule has 0 aromatic heterocycles. The van der Waals surface area contributed by atoms with Crippen LogP contribution in [-0.2, 0) is 16.0 Å². The summed E-state index contributed by atoms with van der Waals surface area (Å²) in [4.78, 5) is 18.3. The summed E-state index contributed by atoms with van der Waals surface area (Å²) in [7, 11) is 0. The number of benzene rings is 2. The number of nitrogens with zero attached hydrogens (tertiary/aromatic N) is 2. The first-order valence-electron chi connectivity index (χ1n) is 11.7. The fraction of sp³-hybridized carbons (Fsp3) is 0.444. The van der Waals surface area contributed by atoms with Crippen LogP contribution in [0.1, 0.15) is 43.5 Å². The van der Waals surface area contributed by atoms with E-state index in [9.17, 15) is 9.18 Å². The molecule has 1 fully saturated rings. The van der Waals surface area contributed by atoms with E-state index >= 15 is 0 Å². The van der Waals surface area contributed by atoms with Gasteiger partial charge in [0.25, 0.3) is 5.91 Å². The summed E-state index contributed by atoms with van der Waals surface area (Å²) in [6, 6.07) is 14.5. The Hall–Kier alpha value is -2.31. The van der Waals surface area contributed by atoms with E-state index in [4.69, 9.17) is 4.74 Å². The first-order chi connectivity index (χ1) is 15.8.